The van der Waals surface area contributed by atoms with Crippen LogP contribution in [-0.2, 0) is 4.74 Å². The molecule has 1 fully saturated rings. The Kier molecular flexibility index (Phi) is 5.09. The second-order valence-corrected chi connectivity index (χ2v) is 8.06. The zero-order valence-corrected chi connectivity index (χ0v) is 17.0. The van der Waals surface area contributed by atoms with Crippen LogP contribution in [0, 0.1) is 0 Å². The fourth-order valence-corrected chi connectivity index (χ4v) is 4.92. The van der Waals surface area contributed by atoms with Crippen LogP contribution in [0.15, 0.2) is 78.9 Å². The number of para-hydroxylation sites is 2. The van der Waals surface area contributed by atoms with Gasteiger partial charge in [-0.25, -0.2) is 0 Å². The van der Waals surface area contributed by atoms with E-state index in [2.05, 4.69) is 95.3 Å². The van der Waals surface area contributed by atoms with Gasteiger partial charge in [-0.15, -0.1) is 0 Å². The molecule has 2 heterocycles. The molecule has 5 rings (SSSR count). The molecule has 0 radical (unpaired) electrons. The van der Waals surface area contributed by atoms with E-state index in [0.29, 0.717) is 12.1 Å². The van der Waals surface area contributed by atoms with Crippen LogP contribution < -0.4 is 0 Å². The second-order valence-electron chi connectivity index (χ2n) is 8.06. The highest BCUT2D eigenvalue weighted by Crippen LogP contribution is 2.36. The van der Waals surface area contributed by atoms with Crippen molar-refractivity contribution in [2.24, 2.45) is 0 Å². The molecular weight excluding hydrogens is 356 g/mol. The van der Waals surface area contributed by atoms with Crippen LogP contribution in [0.4, 0.5) is 0 Å². The minimum absolute atomic E-state index is 0.382. The van der Waals surface area contributed by atoms with Crippen molar-refractivity contribution >= 4 is 21.8 Å². The third kappa shape index (κ3) is 3.45. The van der Waals surface area contributed by atoms with Crippen LogP contribution in [0.5, 0.6) is 0 Å². The Labute approximate surface area is 172 Å². The maximum absolute atomic E-state index is 5.63. The fourth-order valence-electron chi connectivity index (χ4n) is 4.92. The number of hydrogen-bond acceptors (Lipinski definition) is 2. The van der Waals surface area contributed by atoms with E-state index >= 15 is 0 Å². The average molecular weight is 385 g/mol. The predicted octanol–water partition coefficient (Wildman–Crippen LogP) is 5.82. The zero-order valence-electron chi connectivity index (χ0n) is 17.0. The van der Waals surface area contributed by atoms with Gasteiger partial charge in [0.1, 0.15) is 0 Å². The highest BCUT2D eigenvalue weighted by atomic mass is 16.5. The molecule has 1 saturated heterocycles. The molecule has 3 aromatic carbocycles. The van der Waals surface area contributed by atoms with E-state index < -0.39 is 0 Å². The van der Waals surface area contributed by atoms with Crippen molar-refractivity contribution < 1.29 is 4.74 Å². The summed E-state index contributed by atoms with van der Waals surface area (Å²) in [7, 11) is 0. The standard InChI is InChI=1S/C26H28N2O/c1-20(19-26(21-9-3-2-4-10-21)27-15-17-29-18-16-27)28-24-13-7-5-11-22(24)23-12-6-8-14-25(23)28/h2-14,20,26H,15-19H2,1H3/t20-,26-/m1/s1. The third-order valence-electron chi connectivity index (χ3n) is 6.29. The van der Waals surface area contributed by atoms with Gasteiger partial charge in [0, 0.05) is 47.0 Å². The molecule has 4 aromatic rings. The monoisotopic (exact) mass is 384 g/mol. The Morgan fingerprint density at radius 2 is 1.31 bits per heavy atom. The number of morpholine rings is 1. The Bertz CT molecular complexity index is 1040. The summed E-state index contributed by atoms with van der Waals surface area (Å²) >= 11 is 0. The molecule has 3 nitrogen and oxygen atoms in total. The minimum atomic E-state index is 0.382. The molecule has 0 aliphatic carbocycles. The second kappa shape index (κ2) is 8.02. The number of benzene rings is 3. The van der Waals surface area contributed by atoms with Gasteiger partial charge in [-0.2, -0.15) is 0 Å². The molecule has 1 aliphatic rings. The van der Waals surface area contributed by atoms with Gasteiger partial charge in [-0.3, -0.25) is 4.90 Å². The summed E-state index contributed by atoms with van der Waals surface area (Å²) < 4.78 is 8.17. The number of rotatable bonds is 5. The summed E-state index contributed by atoms with van der Waals surface area (Å²) in [6.07, 6.45) is 1.08. The molecule has 29 heavy (non-hydrogen) atoms. The Balaban J connectivity index is 1.56. The van der Waals surface area contributed by atoms with Gasteiger partial charge in [0.15, 0.2) is 0 Å². The summed E-state index contributed by atoms with van der Waals surface area (Å²) in [5.41, 5.74) is 4.06. The summed E-state index contributed by atoms with van der Waals surface area (Å²) in [5.74, 6) is 0. The van der Waals surface area contributed by atoms with Crippen molar-refractivity contribution in [3.63, 3.8) is 0 Å². The van der Waals surface area contributed by atoms with Crippen LogP contribution in [0.3, 0.4) is 0 Å². The lowest BCUT2D eigenvalue weighted by atomic mass is 9.97. The molecule has 0 amide bonds. The van der Waals surface area contributed by atoms with Crippen molar-refractivity contribution in [2.45, 2.75) is 25.4 Å². The van der Waals surface area contributed by atoms with Gasteiger partial charge in [-0.1, -0.05) is 66.7 Å². The first-order valence-corrected chi connectivity index (χ1v) is 10.7. The van der Waals surface area contributed by atoms with Crippen LogP contribution in [-0.4, -0.2) is 35.8 Å². The number of aromatic nitrogens is 1. The SMILES string of the molecule is C[C@H](C[C@H](c1ccccc1)N1CCOCC1)n1c2ccccc2c2ccccc21. The smallest absolute Gasteiger partial charge is 0.0594 e. The lowest BCUT2D eigenvalue weighted by Gasteiger charge is -2.36. The number of nitrogens with zero attached hydrogens (tertiary/aromatic N) is 2. The molecule has 1 aromatic heterocycles. The summed E-state index contributed by atoms with van der Waals surface area (Å²) in [4.78, 5) is 2.60. The van der Waals surface area contributed by atoms with Gasteiger partial charge in [-0.05, 0) is 31.0 Å². The topological polar surface area (TPSA) is 17.4 Å². The molecule has 0 N–H and O–H groups in total. The van der Waals surface area contributed by atoms with Gasteiger partial charge < -0.3 is 9.30 Å². The van der Waals surface area contributed by atoms with Gasteiger partial charge in [0.25, 0.3) is 0 Å². The number of fused-ring (bicyclic) bond motifs is 3. The average Bonchev–Trinajstić information content (AvgIpc) is 3.13. The molecule has 3 heteroatoms. The van der Waals surface area contributed by atoms with Crippen molar-refractivity contribution in [1.82, 2.24) is 9.47 Å². The number of ether oxygens (including phenoxy) is 1. The lowest BCUT2D eigenvalue weighted by Crippen LogP contribution is -2.39. The maximum Gasteiger partial charge on any atom is 0.0594 e. The Hall–Kier alpha value is -2.62. The van der Waals surface area contributed by atoms with Crippen LogP contribution in [0.1, 0.15) is 31.0 Å². The largest absolute Gasteiger partial charge is 0.379 e. The van der Waals surface area contributed by atoms with Gasteiger partial charge >= 0.3 is 0 Å². The highest BCUT2D eigenvalue weighted by molar-refractivity contribution is 6.08. The van der Waals surface area contributed by atoms with Crippen molar-refractivity contribution in [1.29, 1.82) is 0 Å². The number of hydrogen-bond donors (Lipinski definition) is 0. The first kappa shape index (κ1) is 18.4. The molecule has 2 atom stereocenters. The van der Waals surface area contributed by atoms with Crippen molar-refractivity contribution in [3.05, 3.63) is 84.4 Å². The van der Waals surface area contributed by atoms with E-state index in [1.54, 1.807) is 0 Å². The zero-order chi connectivity index (χ0) is 19.6. The molecule has 0 spiro atoms. The maximum atomic E-state index is 5.63. The Morgan fingerprint density at radius 1 is 0.759 bits per heavy atom. The van der Waals surface area contributed by atoms with Crippen molar-refractivity contribution in [3.8, 4) is 0 Å². The van der Waals surface area contributed by atoms with Crippen molar-refractivity contribution in [2.75, 3.05) is 26.3 Å². The molecular formula is C26H28N2O. The van der Waals surface area contributed by atoms with Gasteiger partial charge in [0.05, 0.1) is 13.2 Å². The quantitative estimate of drug-likeness (QED) is 0.431. The first-order chi connectivity index (χ1) is 14.3. The van der Waals surface area contributed by atoms with E-state index in [1.165, 1.54) is 27.4 Å². The minimum Gasteiger partial charge on any atom is -0.379 e. The van der Waals surface area contributed by atoms with E-state index in [1.807, 2.05) is 0 Å². The van der Waals surface area contributed by atoms with Crippen LogP contribution >= 0.6 is 0 Å². The third-order valence-corrected chi connectivity index (χ3v) is 6.29. The molecule has 0 unspecified atom stereocenters. The fraction of sp³-hybridized carbons (Fsp3) is 0.308. The molecule has 148 valence electrons. The predicted molar refractivity (Wildman–Crippen MR) is 120 cm³/mol. The van der Waals surface area contributed by atoms with E-state index in [-0.39, 0.29) is 0 Å². The summed E-state index contributed by atoms with van der Waals surface area (Å²) in [6, 6.07) is 29.4. The normalized spacial score (nSPS) is 17.6. The van der Waals surface area contributed by atoms with E-state index in [9.17, 15) is 0 Å². The summed E-state index contributed by atoms with van der Waals surface area (Å²) in [5, 5.41) is 2.69. The highest BCUT2D eigenvalue weighted by Gasteiger charge is 2.26. The molecule has 0 saturated carbocycles. The molecule has 0 bridgehead atoms. The lowest BCUT2D eigenvalue weighted by molar-refractivity contribution is 0.0117. The van der Waals surface area contributed by atoms with E-state index in [4.69, 9.17) is 4.74 Å². The van der Waals surface area contributed by atoms with Crippen LogP contribution in [0.2, 0.25) is 0 Å². The van der Waals surface area contributed by atoms with Crippen LogP contribution in [0.25, 0.3) is 21.8 Å². The molecule has 1 aliphatic heterocycles. The summed E-state index contributed by atoms with van der Waals surface area (Å²) in [6.45, 7) is 6.02. The first-order valence-electron chi connectivity index (χ1n) is 10.7. The Morgan fingerprint density at radius 3 is 1.93 bits per heavy atom. The van der Waals surface area contributed by atoms with Gasteiger partial charge in [0.2, 0.25) is 0 Å². The van der Waals surface area contributed by atoms with E-state index in [0.717, 1.165) is 32.7 Å².